The highest BCUT2D eigenvalue weighted by Gasteiger charge is 2.55. The molecule has 4 atom stereocenters. The van der Waals surface area contributed by atoms with Crippen LogP contribution in [-0.2, 0) is 11.8 Å². The highest BCUT2D eigenvalue weighted by atomic mass is 35.5. The summed E-state index contributed by atoms with van der Waals surface area (Å²) in [6.07, 6.45) is 3.26. The zero-order valence-corrected chi connectivity index (χ0v) is 15.6. The van der Waals surface area contributed by atoms with Crippen molar-refractivity contribution in [3.8, 4) is 5.75 Å². The summed E-state index contributed by atoms with van der Waals surface area (Å²) in [7, 11) is 1.75. The van der Waals surface area contributed by atoms with E-state index in [1.807, 2.05) is 0 Å². The van der Waals surface area contributed by atoms with Crippen LogP contribution in [0.1, 0.15) is 37.8 Å². The number of likely N-dealkylation sites (tertiary alicyclic amines) is 1. The van der Waals surface area contributed by atoms with Gasteiger partial charge in [-0.1, -0.05) is 19.9 Å². The largest absolute Gasteiger partial charge is 0.497 e. The van der Waals surface area contributed by atoms with Crippen molar-refractivity contribution in [3.63, 3.8) is 0 Å². The molecule has 1 aromatic rings. The number of halogens is 2. The Morgan fingerprint density at radius 1 is 1.35 bits per heavy atom. The SMILES string of the molecule is COc1ccc2c(c1)[C@]1(C)CCN(CC3CC3(Cl)Cl)[C@H](C2)[C@H]1C. The number of alkyl halides is 2. The molecule has 4 heteroatoms. The van der Waals surface area contributed by atoms with Crippen LogP contribution in [0.2, 0.25) is 0 Å². The Labute approximate surface area is 149 Å². The third-order valence-electron chi connectivity index (χ3n) is 6.74. The van der Waals surface area contributed by atoms with Crippen LogP contribution in [0, 0.1) is 11.8 Å². The molecule has 0 aromatic heterocycles. The first-order valence-electron chi connectivity index (χ1n) is 8.64. The molecule has 0 spiro atoms. The number of methoxy groups -OCH3 is 1. The first-order valence-corrected chi connectivity index (χ1v) is 9.40. The van der Waals surface area contributed by atoms with Gasteiger partial charge in [-0.2, -0.15) is 0 Å². The molecule has 2 fully saturated rings. The Morgan fingerprint density at radius 3 is 2.74 bits per heavy atom. The van der Waals surface area contributed by atoms with Gasteiger partial charge >= 0.3 is 0 Å². The van der Waals surface area contributed by atoms with Gasteiger partial charge in [-0.05, 0) is 60.4 Å². The summed E-state index contributed by atoms with van der Waals surface area (Å²) in [5.41, 5.74) is 3.22. The standard InChI is InChI=1S/C19H25Cl2NO/c1-12-17-8-13-4-5-15(23-3)9-16(13)18(12,2)6-7-22(17)11-14-10-19(14,20)21/h4-5,9,12,14,17H,6-8,10-11H2,1-3H3/t12-,14?,17-,18-/m1/s1. The molecule has 1 aliphatic heterocycles. The average Bonchev–Trinajstić information content (AvgIpc) is 3.12. The van der Waals surface area contributed by atoms with Crippen molar-refractivity contribution in [2.75, 3.05) is 20.2 Å². The number of rotatable bonds is 3. The Hall–Kier alpha value is -0.440. The van der Waals surface area contributed by atoms with Crippen molar-refractivity contribution in [3.05, 3.63) is 29.3 Å². The maximum atomic E-state index is 6.26. The van der Waals surface area contributed by atoms with Crippen molar-refractivity contribution in [1.82, 2.24) is 4.90 Å². The van der Waals surface area contributed by atoms with Crippen molar-refractivity contribution in [2.24, 2.45) is 11.8 Å². The normalized spacial score (nSPS) is 38.0. The minimum Gasteiger partial charge on any atom is -0.497 e. The predicted molar refractivity (Wildman–Crippen MR) is 95.7 cm³/mol. The minimum absolute atomic E-state index is 0.242. The molecule has 2 bridgehead atoms. The van der Waals surface area contributed by atoms with Gasteiger partial charge in [0.2, 0.25) is 0 Å². The summed E-state index contributed by atoms with van der Waals surface area (Å²) in [5, 5.41) is 0. The summed E-state index contributed by atoms with van der Waals surface area (Å²) >= 11 is 12.5. The van der Waals surface area contributed by atoms with E-state index in [1.54, 1.807) is 7.11 Å². The quantitative estimate of drug-likeness (QED) is 0.746. The van der Waals surface area contributed by atoms with Crippen molar-refractivity contribution >= 4 is 23.2 Å². The van der Waals surface area contributed by atoms with Gasteiger partial charge in [0.05, 0.1) is 7.11 Å². The Kier molecular flexibility index (Phi) is 3.68. The van der Waals surface area contributed by atoms with Gasteiger partial charge in [0.25, 0.3) is 0 Å². The molecule has 1 aromatic carbocycles. The molecule has 0 amide bonds. The number of ether oxygens (including phenoxy) is 1. The fraction of sp³-hybridized carbons (Fsp3) is 0.684. The van der Waals surface area contributed by atoms with E-state index in [0.29, 0.717) is 17.9 Å². The summed E-state index contributed by atoms with van der Waals surface area (Å²) in [4.78, 5) is 2.65. The second kappa shape index (κ2) is 5.28. The summed E-state index contributed by atoms with van der Waals surface area (Å²) in [6, 6.07) is 7.22. The van der Waals surface area contributed by atoms with Gasteiger partial charge in [-0.3, -0.25) is 4.90 Å². The van der Waals surface area contributed by atoms with Gasteiger partial charge in [-0.25, -0.2) is 0 Å². The second-order valence-corrected chi connectivity index (χ2v) is 9.45. The van der Waals surface area contributed by atoms with Crippen LogP contribution >= 0.6 is 23.2 Å². The number of benzene rings is 1. The van der Waals surface area contributed by atoms with E-state index in [2.05, 4.69) is 36.9 Å². The molecular formula is C19H25Cl2NO. The van der Waals surface area contributed by atoms with Crippen LogP contribution in [0.15, 0.2) is 18.2 Å². The van der Waals surface area contributed by atoms with E-state index < -0.39 is 4.33 Å². The van der Waals surface area contributed by atoms with Gasteiger partial charge in [-0.15, -0.1) is 23.2 Å². The third kappa shape index (κ3) is 2.49. The van der Waals surface area contributed by atoms with E-state index in [4.69, 9.17) is 27.9 Å². The number of piperidine rings is 1. The fourth-order valence-corrected chi connectivity index (χ4v) is 5.30. The molecule has 1 heterocycles. The molecule has 0 N–H and O–H groups in total. The van der Waals surface area contributed by atoms with Crippen molar-refractivity contribution < 1.29 is 4.74 Å². The Balaban J connectivity index is 1.63. The van der Waals surface area contributed by atoms with E-state index in [1.165, 1.54) is 17.5 Å². The van der Waals surface area contributed by atoms with Crippen LogP contribution in [0.25, 0.3) is 0 Å². The Bertz CT molecular complexity index is 632. The van der Waals surface area contributed by atoms with E-state index in [-0.39, 0.29) is 5.41 Å². The van der Waals surface area contributed by atoms with Crippen LogP contribution in [0.3, 0.4) is 0 Å². The zero-order chi connectivity index (χ0) is 16.4. The van der Waals surface area contributed by atoms with Gasteiger partial charge in [0, 0.05) is 18.5 Å². The lowest BCUT2D eigenvalue weighted by Gasteiger charge is -2.54. The Morgan fingerprint density at radius 2 is 2.09 bits per heavy atom. The number of nitrogens with zero attached hydrogens (tertiary/aromatic N) is 1. The smallest absolute Gasteiger partial charge is 0.122 e. The third-order valence-corrected chi connectivity index (χ3v) is 7.67. The summed E-state index contributed by atoms with van der Waals surface area (Å²) < 4.78 is 5.00. The molecular weight excluding hydrogens is 329 g/mol. The number of fused-ring (bicyclic) bond motifs is 4. The molecule has 2 nitrogen and oxygen atoms in total. The molecule has 1 unspecified atom stereocenters. The lowest BCUT2D eigenvalue weighted by molar-refractivity contribution is 0.0281. The van der Waals surface area contributed by atoms with Crippen molar-refractivity contribution in [1.29, 1.82) is 0 Å². The van der Waals surface area contributed by atoms with E-state index in [9.17, 15) is 0 Å². The first kappa shape index (κ1) is 16.1. The zero-order valence-electron chi connectivity index (χ0n) is 14.1. The number of hydrogen-bond acceptors (Lipinski definition) is 2. The lowest BCUT2D eigenvalue weighted by Crippen LogP contribution is -2.58. The van der Waals surface area contributed by atoms with Crippen LogP contribution < -0.4 is 4.74 Å². The molecule has 2 aliphatic carbocycles. The molecule has 0 radical (unpaired) electrons. The highest BCUT2D eigenvalue weighted by molar-refractivity contribution is 6.50. The van der Waals surface area contributed by atoms with Crippen LogP contribution in [0.5, 0.6) is 5.75 Å². The van der Waals surface area contributed by atoms with Gasteiger partial charge in [0.15, 0.2) is 0 Å². The van der Waals surface area contributed by atoms with Crippen LogP contribution in [-0.4, -0.2) is 35.5 Å². The second-order valence-electron chi connectivity index (χ2n) is 7.91. The lowest BCUT2D eigenvalue weighted by atomic mass is 9.59. The van der Waals surface area contributed by atoms with Gasteiger partial charge < -0.3 is 4.74 Å². The maximum Gasteiger partial charge on any atom is 0.122 e. The average molecular weight is 354 g/mol. The first-order chi connectivity index (χ1) is 10.8. The molecule has 23 heavy (non-hydrogen) atoms. The fourth-order valence-electron chi connectivity index (χ4n) is 4.79. The topological polar surface area (TPSA) is 12.5 Å². The monoisotopic (exact) mass is 353 g/mol. The van der Waals surface area contributed by atoms with E-state index >= 15 is 0 Å². The van der Waals surface area contributed by atoms with Crippen LogP contribution in [0.4, 0.5) is 0 Å². The summed E-state index contributed by atoms with van der Waals surface area (Å²) in [5.74, 6) is 2.06. The molecule has 126 valence electrons. The summed E-state index contributed by atoms with van der Waals surface area (Å²) in [6.45, 7) is 7.04. The molecule has 4 rings (SSSR count). The minimum atomic E-state index is -0.468. The van der Waals surface area contributed by atoms with Crippen molar-refractivity contribution in [2.45, 2.75) is 48.9 Å². The molecule has 1 saturated heterocycles. The molecule has 3 aliphatic rings. The number of hydrogen-bond donors (Lipinski definition) is 0. The van der Waals surface area contributed by atoms with E-state index in [0.717, 1.165) is 31.7 Å². The highest BCUT2D eigenvalue weighted by Crippen LogP contribution is 2.55. The molecule has 1 saturated carbocycles. The predicted octanol–water partition coefficient (Wildman–Crippen LogP) is 4.41. The van der Waals surface area contributed by atoms with Gasteiger partial charge in [0.1, 0.15) is 10.1 Å². The maximum absolute atomic E-state index is 6.26.